The maximum absolute atomic E-state index is 12.6. The number of rotatable bonds is 8. The number of H-pyrrole nitrogens is 1. The van der Waals surface area contributed by atoms with Crippen LogP contribution in [0.15, 0.2) is 91.0 Å². The van der Waals surface area contributed by atoms with Crippen molar-refractivity contribution in [3.63, 3.8) is 0 Å². The van der Waals surface area contributed by atoms with Crippen LogP contribution in [0.25, 0.3) is 22.0 Å². The number of ether oxygens (including phenoxy) is 3. The first-order chi connectivity index (χ1) is 18.1. The molecule has 1 aromatic heterocycles. The molecule has 0 radical (unpaired) electrons. The highest BCUT2D eigenvalue weighted by Crippen LogP contribution is 2.27. The minimum Gasteiger partial charge on any atom is -0.497 e. The van der Waals surface area contributed by atoms with E-state index in [0.717, 1.165) is 27.6 Å². The Balaban J connectivity index is 1.21. The van der Waals surface area contributed by atoms with Crippen molar-refractivity contribution in [3.8, 4) is 28.4 Å². The van der Waals surface area contributed by atoms with Gasteiger partial charge in [-0.3, -0.25) is 10.4 Å². The average molecular weight is 495 g/mol. The lowest BCUT2D eigenvalue weighted by Gasteiger charge is -2.10. The summed E-state index contributed by atoms with van der Waals surface area (Å²) in [6.07, 6.45) is 0. The Hall–Kier alpha value is -4.98. The Morgan fingerprint density at radius 3 is 2.19 bits per heavy atom. The minimum absolute atomic E-state index is 0.337. The highest BCUT2D eigenvalue weighted by molar-refractivity contribution is 6.04. The van der Waals surface area contributed by atoms with Crippen LogP contribution in [-0.2, 0) is 6.61 Å². The lowest BCUT2D eigenvalue weighted by Crippen LogP contribution is -2.19. The molecule has 3 N–H and O–H groups in total. The number of urea groups is 1. The van der Waals surface area contributed by atoms with E-state index in [1.54, 1.807) is 14.2 Å². The number of aromatic amines is 1. The van der Waals surface area contributed by atoms with Crippen LogP contribution in [0.3, 0.4) is 0 Å². The molecule has 0 spiro atoms. The second-order valence-electron chi connectivity index (χ2n) is 8.31. The van der Waals surface area contributed by atoms with Gasteiger partial charge in [0.1, 0.15) is 23.9 Å². The van der Waals surface area contributed by atoms with Gasteiger partial charge in [-0.15, -0.1) is 0 Å². The molecule has 0 saturated heterocycles. The maximum Gasteiger partial charge on any atom is 0.324 e. The lowest BCUT2D eigenvalue weighted by molar-refractivity contribution is 0.262. The van der Waals surface area contributed by atoms with E-state index in [0.29, 0.717) is 35.4 Å². The first-order valence-corrected chi connectivity index (χ1v) is 11.7. The van der Waals surface area contributed by atoms with Crippen LogP contribution >= 0.6 is 0 Å². The molecule has 5 aromatic rings. The molecule has 0 unspecified atom stereocenters. The van der Waals surface area contributed by atoms with Gasteiger partial charge < -0.3 is 19.5 Å². The van der Waals surface area contributed by atoms with Crippen molar-refractivity contribution in [1.82, 2.24) is 10.2 Å². The van der Waals surface area contributed by atoms with Crippen LogP contribution in [0.2, 0.25) is 0 Å². The minimum atomic E-state index is -0.381. The van der Waals surface area contributed by atoms with E-state index in [2.05, 4.69) is 20.8 Å². The Labute approximate surface area is 214 Å². The van der Waals surface area contributed by atoms with E-state index < -0.39 is 0 Å². The third kappa shape index (κ3) is 5.65. The summed E-state index contributed by atoms with van der Waals surface area (Å²) in [6.45, 7) is 0.337. The van der Waals surface area contributed by atoms with Gasteiger partial charge in [0.05, 0.1) is 19.7 Å². The molecule has 0 saturated carbocycles. The first kappa shape index (κ1) is 23.7. The largest absolute Gasteiger partial charge is 0.497 e. The summed E-state index contributed by atoms with van der Waals surface area (Å²) in [5.41, 5.74) is 4.53. The highest BCUT2D eigenvalue weighted by atomic mass is 16.5. The maximum atomic E-state index is 12.6. The Morgan fingerprint density at radius 2 is 1.49 bits per heavy atom. The van der Waals surface area contributed by atoms with Crippen LogP contribution in [-0.4, -0.2) is 30.4 Å². The number of methoxy groups -OCH3 is 2. The Morgan fingerprint density at radius 1 is 0.784 bits per heavy atom. The van der Waals surface area contributed by atoms with Gasteiger partial charge in [0.2, 0.25) is 0 Å². The number of hydrogen-bond donors (Lipinski definition) is 3. The zero-order chi connectivity index (χ0) is 25.6. The fraction of sp³-hybridized carbons (Fsp3) is 0.103. The quantitative estimate of drug-likeness (QED) is 0.230. The molecule has 0 aliphatic carbocycles. The number of benzene rings is 4. The van der Waals surface area contributed by atoms with Crippen molar-refractivity contribution in [2.24, 2.45) is 0 Å². The summed E-state index contributed by atoms with van der Waals surface area (Å²) in [5, 5.41) is 13.6. The summed E-state index contributed by atoms with van der Waals surface area (Å²) >= 11 is 0. The second-order valence-corrected chi connectivity index (χ2v) is 8.31. The molecule has 8 nitrogen and oxygen atoms in total. The van der Waals surface area contributed by atoms with Crippen LogP contribution in [0, 0.1) is 0 Å². The summed E-state index contributed by atoms with van der Waals surface area (Å²) in [7, 11) is 3.22. The summed E-state index contributed by atoms with van der Waals surface area (Å²) in [6, 6.07) is 28.5. The number of nitrogens with zero attached hydrogens (tertiary/aromatic N) is 1. The molecule has 186 valence electrons. The SMILES string of the molecule is COc1cc(COc2ccc3c(NC(=O)Nc4ccc(-c5ccccc5)cc4)n[nH]c3c2)cc(OC)c1. The van der Waals surface area contributed by atoms with Crippen LogP contribution < -0.4 is 24.8 Å². The molecule has 2 amide bonds. The Bertz CT molecular complexity index is 1490. The lowest BCUT2D eigenvalue weighted by atomic mass is 10.1. The molecular weight excluding hydrogens is 468 g/mol. The number of anilines is 2. The molecule has 0 fully saturated rings. The van der Waals surface area contributed by atoms with Gasteiger partial charge in [0.25, 0.3) is 0 Å². The predicted molar refractivity (Wildman–Crippen MR) is 144 cm³/mol. The van der Waals surface area contributed by atoms with E-state index in [-0.39, 0.29) is 6.03 Å². The summed E-state index contributed by atoms with van der Waals surface area (Å²) in [4.78, 5) is 12.6. The van der Waals surface area contributed by atoms with Crippen molar-refractivity contribution >= 4 is 28.4 Å². The van der Waals surface area contributed by atoms with Gasteiger partial charge in [-0.25, -0.2) is 4.79 Å². The van der Waals surface area contributed by atoms with Gasteiger partial charge in [-0.05, 0) is 53.1 Å². The molecule has 0 bridgehead atoms. The van der Waals surface area contributed by atoms with Gasteiger partial charge in [-0.2, -0.15) is 5.10 Å². The van der Waals surface area contributed by atoms with Crippen LogP contribution in [0.1, 0.15) is 5.56 Å². The first-order valence-electron chi connectivity index (χ1n) is 11.7. The van der Waals surface area contributed by atoms with Crippen molar-refractivity contribution in [1.29, 1.82) is 0 Å². The number of hydrogen-bond acceptors (Lipinski definition) is 5. The molecule has 1 heterocycles. The fourth-order valence-electron chi connectivity index (χ4n) is 3.95. The van der Waals surface area contributed by atoms with Crippen molar-refractivity contribution in [3.05, 3.63) is 96.6 Å². The smallest absolute Gasteiger partial charge is 0.324 e. The summed E-state index contributed by atoms with van der Waals surface area (Å²) in [5.74, 6) is 2.48. The normalized spacial score (nSPS) is 10.6. The highest BCUT2D eigenvalue weighted by Gasteiger charge is 2.11. The van der Waals surface area contributed by atoms with Crippen molar-refractivity contribution in [2.75, 3.05) is 24.9 Å². The molecule has 37 heavy (non-hydrogen) atoms. The molecular formula is C29H26N4O4. The second kappa shape index (κ2) is 10.7. The molecule has 5 rings (SSSR count). The predicted octanol–water partition coefficient (Wildman–Crippen LogP) is 6.47. The fourth-order valence-corrected chi connectivity index (χ4v) is 3.95. The summed E-state index contributed by atoms with van der Waals surface area (Å²) < 4.78 is 16.6. The Kier molecular flexibility index (Phi) is 6.89. The molecule has 0 aliphatic rings. The molecule has 0 atom stereocenters. The van der Waals surface area contributed by atoms with E-state index >= 15 is 0 Å². The molecule has 4 aromatic carbocycles. The van der Waals surface area contributed by atoms with Gasteiger partial charge in [0.15, 0.2) is 5.82 Å². The van der Waals surface area contributed by atoms with E-state index in [1.807, 2.05) is 91.0 Å². The monoisotopic (exact) mass is 494 g/mol. The number of aromatic nitrogens is 2. The standard InChI is InChI=1S/C29H26N4O4/c1-35-24-14-19(15-25(16-24)36-2)18-37-23-12-13-26-27(17-23)32-33-28(26)31-29(34)30-22-10-8-21(9-11-22)20-6-4-3-5-7-20/h3-17H,18H2,1-2H3,(H3,30,31,32,33,34). The number of fused-ring (bicyclic) bond motifs is 1. The van der Waals surface area contributed by atoms with E-state index in [1.165, 1.54) is 0 Å². The number of carbonyl (C=O) groups excluding carboxylic acids is 1. The third-order valence-electron chi connectivity index (χ3n) is 5.83. The number of nitrogens with one attached hydrogen (secondary N) is 3. The van der Waals surface area contributed by atoms with E-state index in [9.17, 15) is 4.79 Å². The zero-order valence-corrected chi connectivity index (χ0v) is 20.4. The van der Waals surface area contributed by atoms with Gasteiger partial charge in [-0.1, -0.05) is 42.5 Å². The van der Waals surface area contributed by atoms with Crippen molar-refractivity contribution < 1.29 is 19.0 Å². The average Bonchev–Trinajstić information content (AvgIpc) is 3.34. The van der Waals surface area contributed by atoms with Crippen molar-refractivity contribution in [2.45, 2.75) is 6.61 Å². The van der Waals surface area contributed by atoms with Gasteiger partial charge in [0, 0.05) is 23.2 Å². The van der Waals surface area contributed by atoms with Gasteiger partial charge >= 0.3 is 6.03 Å². The third-order valence-corrected chi connectivity index (χ3v) is 5.83. The molecule has 8 heteroatoms. The van der Waals surface area contributed by atoms with Crippen LogP contribution in [0.4, 0.5) is 16.3 Å². The zero-order valence-electron chi connectivity index (χ0n) is 20.4. The van der Waals surface area contributed by atoms with E-state index in [4.69, 9.17) is 14.2 Å². The van der Waals surface area contributed by atoms with Crippen LogP contribution in [0.5, 0.6) is 17.2 Å². The topological polar surface area (TPSA) is 97.5 Å². The molecule has 0 aliphatic heterocycles. The number of carbonyl (C=O) groups is 1. The number of amides is 2.